The van der Waals surface area contributed by atoms with Crippen LogP contribution in [0.1, 0.15) is 32.6 Å². The highest BCUT2D eigenvalue weighted by atomic mass is 16.7. The van der Waals surface area contributed by atoms with Crippen molar-refractivity contribution in [2.24, 2.45) is 11.1 Å². The van der Waals surface area contributed by atoms with Gasteiger partial charge in [0.15, 0.2) is 6.29 Å². The molecule has 1 rings (SSSR count). The summed E-state index contributed by atoms with van der Waals surface area (Å²) >= 11 is 0. The first kappa shape index (κ1) is 12.5. The summed E-state index contributed by atoms with van der Waals surface area (Å²) in [7, 11) is 3.24. The molecule has 4 nitrogen and oxygen atoms in total. The highest BCUT2D eigenvalue weighted by Gasteiger charge is 2.17. The molecule has 1 aliphatic heterocycles. The van der Waals surface area contributed by atoms with Crippen LogP contribution in [0.15, 0.2) is 5.16 Å². The van der Waals surface area contributed by atoms with Gasteiger partial charge in [0.05, 0.1) is 5.71 Å². The van der Waals surface area contributed by atoms with Crippen molar-refractivity contribution in [1.82, 2.24) is 0 Å². The first-order chi connectivity index (χ1) is 7.26. The van der Waals surface area contributed by atoms with E-state index in [9.17, 15) is 0 Å². The lowest BCUT2D eigenvalue weighted by molar-refractivity contribution is -0.118. The fourth-order valence-corrected chi connectivity index (χ4v) is 1.84. The van der Waals surface area contributed by atoms with E-state index in [4.69, 9.17) is 14.3 Å². The summed E-state index contributed by atoms with van der Waals surface area (Å²) in [6.45, 7) is 3.00. The van der Waals surface area contributed by atoms with Crippen molar-refractivity contribution in [2.75, 3.05) is 20.8 Å². The van der Waals surface area contributed by atoms with Crippen LogP contribution in [0.5, 0.6) is 0 Å². The van der Waals surface area contributed by atoms with Gasteiger partial charge in [0.25, 0.3) is 0 Å². The Morgan fingerprint density at radius 3 is 2.80 bits per heavy atom. The van der Waals surface area contributed by atoms with Crippen LogP contribution in [-0.2, 0) is 14.3 Å². The van der Waals surface area contributed by atoms with Crippen molar-refractivity contribution in [3.05, 3.63) is 0 Å². The largest absolute Gasteiger partial charge is 0.399 e. The molecular weight excluding hydrogens is 194 g/mol. The zero-order chi connectivity index (χ0) is 11.1. The van der Waals surface area contributed by atoms with Gasteiger partial charge in [-0.3, -0.25) is 0 Å². The van der Waals surface area contributed by atoms with E-state index in [1.807, 2.05) is 0 Å². The molecule has 0 N–H and O–H groups in total. The fraction of sp³-hybridized carbons (Fsp3) is 0.909. The Hall–Kier alpha value is -0.610. The van der Waals surface area contributed by atoms with Crippen LogP contribution in [0.3, 0.4) is 0 Å². The molecule has 1 fully saturated rings. The maximum Gasteiger partial charge on any atom is 0.162 e. The van der Waals surface area contributed by atoms with Gasteiger partial charge >= 0.3 is 0 Å². The van der Waals surface area contributed by atoms with Gasteiger partial charge in [-0.15, -0.1) is 0 Å². The van der Waals surface area contributed by atoms with E-state index in [1.165, 1.54) is 6.42 Å². The first-order valence-electron chi connectivity index (χ1n) is 5.49. The van der Waals surface area contributed by atoms with Crippen LogP contribution in [0, 0.1) is 5.92 Å². The number of hydrogen-bond donors (Lipinski definition) is 0. The van der Waals surface area contributed by atoms with Crippen LogP contribution < -0.4 is 0 Å². The fourth-order valence-electron chi connectivity index (χ4n) is 1.84. The van der Waals surface area contributed by atoms with Crippen LogP contribution in [-0.4, -0.2) is 32.8 Å². The predicted octanol–water partition coefficient (Wildman–Crippen LogP) is 2.19. The van der Waals surface area contributed by atoms with E-state index in [2.05, 4.69) is 12.1 Å². The Morgan fingerprint density at radius 2 is 2.13 bits per heavy atom. The SMILES string of the molecule is CON=C1CC(C)CCCOC(OC)C1. The second-order valence-corrected chi connectivity index (χ2v) is 4.03. The first-order valence-corrected chi connectivity index (χ1v) is 5.49. The van der Waals surface area contributed by atoms with Crippen molar-refractivity contribution in [3.63, 3.8) is 0 Å². The van der Waals surface area contributed by atoms with E-state index >= 15 is 0 Å². The van der Waals surface area contributed by atoms with E-state index in [-0.39, 0.29) is 6.29 Å². The molecule has 15 heavy (non-hydrogen) atoms. The van der Waals surface area contributed by atoms with Gasteiger partial charge < -0.3 is 14.3 Å². The van der Waals surface area contributed by atoms with Crippen molar-refractivity contribution in [2.45, 2.75) is 38.9 Å². The van der Waals surface area contributed by atoms with Crippen LogP contribution in [0.2, 0.25) is 0 Å². The molecule has 0 bridgehead atoms. The monoisotopic (exact) mass is 215 g/mol. The molecule has 4 heteroatoms. The zero-order valence-corrected chi connectivity index (χ0v) is 9.86. The average molecular weight is 215 g/mol. The Morgan fingerprint density at radius 1 is 1.33 bits per heavy atom. The average Bonchev–Trinajstić information content (AvgIpc) is 2.29. The Labute approximate surface area is 91.6 Å². The van der Waals surface area contributed by atoms with Crippen molar-refractivity contribution in [3.8, 4) is 0 Å². The van der Waals surface area contributed by atoms with Gasteiger partial charge in [0.2, 0.25) is 0 Å². The molecule has 0 aromatic heterocycles. The molecule has 0 aromatic rings. The molecule has 2 atom stereocenters. The second-order valence-electron chi connectivity index (χ2n) is 4.03. The topological polar surface area (TPSA) is 40.0 Å². The molecular formula is C11H21NO3. The van der Waals surface area contributed by atoms with Gasteiger partial charge in [-0.2, -0.15) is 0 Å². The number of ether oxygens (including phenoxy) is 2. The molecule has 0 aromatic carbocycles. The molecule has 0 amide bonds. The van der Waals surface area contributed by atoms with E-state index in [0.29, 0.717) is 12.3 Å². The molecule has 0 saturated carbocycles. The number of nitrogens with zero attached hydrogens (tertiary/aromatic N) is 1. The number of hydrogen-bond acceptors (Lipinski definition) is 4. The summed E-state index contributed by atoms with van der Waals surface area (Å²) in [5, 5.41) is 4.03. The van der Waals surface area contributed by atoms with Gasteiger partial charge in [-0.1, -0.05) is 12.1 Å². The highest BCUT2D eigenvalue weighted by Crippen LogP contribution is 2.18. The standard InChI is InChI=1S/C11H21NO3/c1-9-5-4-6-15-11(13-2)8-10(7-9)12-14-3/h9,11H,4-8H2,1-3H3. The number of oxime groups is 1. The van der Waals surface area contributed by atoms with Gasteiger partial charge in [-0.05, 0) is 25.2 Å². The lowest BCUT2D eigenvalue weighted by Crippen LogP contribution is -2.20. The third-order valence-corrected chi connectivity index (χ3v) is 2.61. The highest BCUT2D eigenvalue weighted by molar-refractivity contribution is 5.84. The third-order valence-electron chi connectivity index (χ3n) is 2.61. The van der Waals surface area contributed by atoms with Crippen LogP contribution in [0.25, 0.3) is 0 Å². The molecule has 2 unspecified atom stereocenters. The zero-order valence-electron chi connectivity index (χ0n) is 9.86. The summed E-state index contributed by atoms with van der Waals surface area (Å²) in [5.74, 6) is 0.637. The van der Waals surface area contributed by atoms with Gasteiger partial charge in [-0.25, -0.2) is 0 Å². The van der Waals surface area contributed by atoms with E-state index < -0.39 is 0 Å². The van der Waals surface area contributed by atoms with Crippen LogP contribution in [0.4, 0.5) is 0 Å². The maximum absolute atomic E-state index is 5.58. The molecule has 88 valence electrons. The normalized spacial score (nSPS) is 31.8. The number of methoxy groups -OCH3 is 1. The van der Waals surface area contributed by atoms with Gasteiger partial charge in [0.1, 0.15) is 7.11 Å². The van der Waals surface area contributed by atoms with Crippen LogP contribution >= 0.6 is 0 Å². The summed E-state index contributed by atoms with van der Waals surface area (Å²) in [4.78, 5) is 4.84. The Kier molecular flexibility index (Phi) is 5.65. The summed E-state index contributed by atoms with van der Waals surface area (Å²) in [5.41, 5.74) is 1.03. The summed E-state index contributed by atoms with van der Waals surface area (Å²) in [6.07, 6.45) is 3.75. The summed E-state index contributed by atoms with van der Waals surface area (Å²) < 4.78 is 10.8. The Bertz CT molecular complexity index is 206. The predicted molar refractivity (Wildman–Crippen MR) is 58.8 cm³/mol. The van der Waals surface area contributed by atoms with Gasteiger partial charge in [0, 0.05) is 20.1 Å². The Balaban J connectivity index is 2.60. The van der Waals surface area contributed by atoms with E-state index in [1.54, 1.807) is 14.2 Å². The molecule has 0 spiro atoms. The quantitative estimate of drug-likeness (QED) is 0.663. The van der Waals surface area contributed by atoms with Crippen molar-refractivity contribution >= 4 is 5.71 Å². The minimum Gasteiger partial charge on any atom is -0.399 e. The van der Waals surface area contributed by atoms with Crippen molar-refractivity contribution < 1.29 is 14.3 Å². The summed E-state index contributed by atoms with van der Waals surface area (Å²) in [6, 6.07) is 0. The molecule has 1 heterocycles. The lowest BCUT2D eigenvalue weighted by Gasteiger charge is -2.15. The molecule has 1 aliphatic rings. The molecule has 0 radical (unpaired) electrons. The number of rotatable bonds is 2. The second kappa shape index (κ2) is 6.80. The molecule has 0 aliphatic carbocycles. The molecule has 1 saturated heterocycles. The smallest absolute Gasteiger partial charge is 0.162 e. The minimum absolute atomic E-state index is 0.177. The van der Waals surface area contributed by atoms with Crippen molar-refractivity contribution in [1.29, 1.82) is 0 Å². The van der Waals surface area contributed by atoms with E-state index in [0.717, 1.165) is 25.2 Å². The third kappa shape index (κ3) is 4.62. The maximum atomic E-state index is 5.58. The lowest BCUT2D eigenvalue weighted by atomic mass is 9.98. The minimum atomic E-state index is -0.177.